The summed E-state index contributed by atoms with van der Waals surface area (Å²) in [7, 11) is 0. The minimum atomic E-state index is -0.604. The normalized spacial score (nSPS) is 27.1. The van der Waals surface area contributed by atoms with Gasteiger partial charge in [-0.15, -0.1) is 0 Å². The Morgan fingerprint density at radius 2 is 1.80 bits per heavy atom. The fourth-order valence-corrected chi connectivity index (χ4v) is 2.25. The van der Waals surface area contributed by atoms with Gasteiger partial charge in [-0.1, -0.05) is 34.1 Å². The Morgan fingerprint density at radius 1 is 1.20 bits per heavy atom. The van der Waals surface area contributed by atoms with E-state index >= 15 is 0 Å². The summed E-state index contributed by atoms with van der Waals surface area (Å²) in [4.78, 5) is 2.05. The van der Waals surface area contributed by atoms with Gasteiger partial charge in [-0.2, -0.15) is 0 Å². The Kier molecular flexibility index (Phi) is 3.41. The molecule has 1 aliphatic heterocycles. The van der Waals surface area contributed by atoms with Crippen molar-refractivity contribution in [3.8, 4) is 0 Å². The summed E-state index contributed by atoms with van der Waals surface area (Å²) in [6, 6.07) is 8.00. The molecule has 1 saturated heterocycles. The van der Waals surface area contributed by atoms with E-state index < -0.39 is 12.2 Å². The third kappa shape index (κ3) is 2.58. The van der Waals surface area contributed by atoms with Crippen molar-refractivity contribution in [3.63, 3.8) is 0 Å². The topological polar surface area (TPSA) is 43.7 Å². The molecule has 1 fully saturated rings. The van der Waals surface area contributed by atoms with E-state index in [0.717, 1.165) is 11.0 Å². The SMILES string of the molecule is O[C@@H]1CN(Cc2ccccc2Br)C[C@@H]1O. The molecule has 2 rings (SSSR count). The van der Waals surface area contributed by atoms with Crippen LogP contribution >= 0.6 is 15.9 Å². The highest BCUT2D eigenvalue weighted by atomic mass is 79.9. The van der Waals surface area contributed by atoms with E-state index in [9.17, 15) is 10.2 Å². The van der Waals surface area contributed by atoms with Crippen LogP contribution in [0.4, 0.5) is 0 Å². The number of likely N-dealkylation sites (tertiary alicyclic amines) is 1. The molecule has 4 heteroatoms. The monoisotopic (exact) mass is 271 g/mol. The third-order valence-electron chi connectivity index (χ3n) is 2.69. The summed E-state index contributed by atoms with van der Waals surface area (Å²) in [6.45, 7) is 1.85. The smallest absolute Gasteiger partial charge is 0.0938 e. The Balaban J connectivity index is 2.01. The molecule has 3 nitrogen and oxygen atoms in total. The van der Waals surface area contributed by atoms with Gasteiger partial charge in [-0.25, -0.2) is 0 Å². The lowest BCUT2D eigenvalue weighted by atomic mass is 10.2. The maximum Gasteiger partial charge on any atom is 0.0938 e. The molecule has 15 heavy (non-hydrogen) atoms. The van der Waals surface area contributed by atoms with E-state index in [0.29, 0.717) is 13.1 Å². The van der Waals surface area contributed by atoms with E-state index in [1.54, 1.807) is 0 Å². The molecule has 0 radical (unpaired) electrons. The fraction of sp³-hybridized carbons (Fsp3) is 0.455. The predicted octanol–water partition coefficient (Wildman–Crippen LogP) is 0.986. The molecule has 0 bridgehead atoms. The zero-order valence-corrected chi connectivity index (χ0v) is 9.89. The maximum atomic E-state index is 9.41. The maximum absolute atomic E-state index is 9.41. The van der Waals surface area contributed by atoms with Gasteiger partial charge in [-0.3, -0.25) is 4.90 Å². The number of halogens is 1. The third-order valence-corrected chi connectivity index (χ3v) is 3.46. The van der Waals surface area contributed by atoms with Crippen molar-refractivity contribution in [1.82, 2.24) is 4.90 Å². The van der Waals surface area contributed by atoms with Gasteiger partial charge in [0.2, 0.25) is 0 Å². The quantitative estimate of drug-likeness (QED) is 0.843. The number of rotatable bonds is 2. The van der Waals surface area contributed by atoms with E-state index in [4.69, 9.17) is 0 Å². The van der Waals surface area contributed by atoms with Gasteiger partial charge in [0, 0.05) is 24.1 Å². The van der Waals surface area contributed by atoms with Gasteiger partial charge in [0.15, 0.2) is 0 Å². The van der Waals surface area contributed by atoms with E-state index in [1.165, 1.54) is 5.56 Å². The molecule has 0 aromatic heterocycles. The number of hydrogen-bond donors (Lipinski definition) is 2. The van der Waals surface area contributed by atoms with Crippen molar-refractivity contribution in [2.24, 2.45) is 0 Å². The molecule has 1 aliphatic rings. The van der Waals surface area contributed by atoms with Gasteiger partial charge in [0.1, 0.15) is 0 Å². The highest BCUT2D eigenvalue weighted by Crippen LogP contribution is 2.20. The molecule has 1 aromatic carbocycles. The molecule has 1 heterocycles. The highest BCUT2D eigenvalue weighted by molar-refractivity contribution is 9.10. The van der Waals surface area contributed by atoms with Crippen LogP contribution in [-0.4, -0.2) is 40.4 Å². The van der Waals surface area contributed by atoms with Crippen LogP contribution in [0.1, 0.15) is 5.56 Å². The second-order valence-electron chi connectivity index (χ2n) is 3.92. The predicted molar refractivity (Wildman–Crippen MR) is 61.4 cm³/mol. The van der Waals surface area contributed by atoms with Gasteiger partial charge < -0.3 is 10.2 Å². The minimum Gasteiger partial charge on any atom is -0.389 e. The van der Waals surface area contributed by atoms with Gasteiger partial charge in [-0.05, 0) is 11.6 Å². The molecule has 0 unspecified atom stereocenters. The van der Waals surface area contributed by atoms with Gasteiger partial charge in [0.05, 0.1) is 12.2 Å². The lowest BCUT2D eigenvalue weighted by Gasteiger charge is -2.15. The molecule has 2 N–H and O–H groups in total. The number of benzene rings is 1. The Hall–Kier alpha value is -0.420. The van der Waals surface area contributed by atoms with Crippen LogP contribution in [-0.2, 0) is 6.54 Å². The Morgan fingerprint density at radius 3 is 2.40 bits per heavy atom. The molecule has 1 aromatic rings. The number of nitrogens with zero attached hydrogens (tertiary/aromatic N) is 1. The summed E-state index contributed by atoms with van der Waals surface area (Å²) in [5, 5.41) is 18.8. The first-order valence-corrected chi connectivity index (χ1v) is 5.78. The number of β-amino-alcohol motifs (C(OH)–C–C–N with tert-alkyl or cyclic N) is 2. The summed E-state index contributed by atoms with van der Waals surface area (Å²) in [6.07, 6.45) is -1.21. The van der Waals surface area contributed by atoms with Crippen molar-refractivity contribution in [3.05, 3.63) is 34.3 Å². The second-order valence-corrected chi connectivity index (χ2v) is 4.77. The van der Waals surface area contributed by atoms with Crippen LogP contribution < -0.4 is 0 Å². The molecule has 82 valence electrons. The molecular weight excluding hydrogens is 258 g/mol. The van der Waals surface area contributed by atoms with Crippen LogP contribution in [0.25, 0.3) is 0 Å². The van der Waals surface area contributed by atoms with Crippen LogP contribution in [0.3, 0.4) is 0 Å². The van der Waals surface area contributed by atoms with Crippen LogP contribution in [0.2, 0.25) is 0 Å². The average molecular weight is 272 g/mol. The largest absolute Gasteiger partial charge is 0.389 e. The second kappa shape index (κ2) is 4.61. The fourth-order valence-electron chi connectivity index (χ4n) is 1.84. The first-order valence-electron chi connectivity index (χ1n) is 4.98. The molecule has 0 saturated carbocycles. The first kappa shape index (κ1) is 11.1. The zero-order chi connectivity index (χ0) is 10.8. The van der Waals surface area contributed by atoms with Crippen molar-refractivity contribution in [1.29, 1.82) is 0 Å². The van der Waals surface area contributed by atoms with Crippen LogP contribution in [0.15, 0.2) is 28.7 Å². The van der Waals surface area contributed by atoms with E-state index in [1.807, 2.05) is 24.3 Å². The van der Waals surface area contributed by atoms with Crippen molar-refractivity contribution < 1.29 is 10.2 Å². The van der Waals surface area contributed by atoms with Crippen molar-refractivity contribution in [2.45, 2.75) is 18.8 Å². The zero-order valence-electron chi connectivity index (χ0n) is 8.31. The number of aliphatic hydroxyl groups is 2. The molecule has 0 aliphatic carbocycles. The van der Waals surface area contributed by atoms with Crippen molar-refractivity contribution >= 4 is 15.9 Å². The van der Waals surface area contributed by atoms with Crippen LogP contribution in [0.5, 0.6) is 0 Å². The molecular formula is C11H14BrNO2. The van der Waals surface area contributed by atoms with E-state index in [2.05, 4.69) is 20.8 Å². The lowest BCUT2D eigenvalue weighted by molar-refractivity contribution is 0.0572. The molecule has 2 atom stereocenters. The van der Waals surface area contributed by atoms with Gasteiger partial charge in [0.25, 0.3) is 0 Å². The highest BCUT2D eigenvalue weighted by Gasteiger charge is 2.29. The first-order chi connectivity index (χ1) is 7.16. The molecule has 0 amide bonds. The minimum absolute atomic E-state index is 0.544. The molecule has 0 spiro atoms. The summed E-state index contributed by atoms with van der Waals surface area (Å²) in [5.74, 6) is 0. The standard InChI is InChI=1S/C11H14BrNO2/c12-9-4-2-1-3-8(9)5-13-6-10(14)11(15)7-13/h1-4,10-11,14-15H,5-7H2/t10-,11+. The Labute approximate surface area is 97.5 Å². The summed E-state index contributed by atoms with van der Waals surface area (Å²) >= 11 is 3.48. The number of aliphatic hydroxyl groups excluding tert-OH is 2. The van der Waals surface area contributed by atoms with E-state index in [-0.39, 0.29) is 0 Å². The lowest BCUT2D eigenvalue weighted by Crippen LogP contribution is -2.22. The summed E-state index contributed by atoms with van der Waals surface area (Å²) in [5.41, 5.74) is 1.18. The number of hydrogen-bond acceptors (Lipinski definition) is 3. The Bertz CT molecular complexity index is 335. The van der Waals surface area contributed by atoms with Crippen molar-refractivity contribution in [2.75, 3.05) is 13.1 Å². The van der Waals surface area contributed by atoms with Gasteiger partial charge >= 0.3 is 0 Å². The average Bonchev–Trinajstić information content (AvgIpc) is 2.50. The van der Waals surface area contributed by atoms with Crippen LogP contribution in [0, 0.1) is 0 Å². The summed E-state index contributed by atoms with van der Waals surface area (Å²) < 4.78 is 1.07.